The summed E-state index contributed by atoms with van der Waals surface area (Å²) in [5, 5.41) is 2.69. The summed E-state index contributed by atoms with van der Waals surface area (Å²) in [7, 11) is 0. The minimum absolute atomic E-state index is 0.0134. The number of nitrogens with two attached hydrogens (primary N) is 1. The van der Waals surface area contributed by atoms with Crippen molar-refractivity contribution in [1.29, 1.82) is 0 Å². The standard InChI is InChI=1S/C17H25FN2O/c1-17(2,3)12-6-4-11(5-7-12)16(21)20-15-9-8-13(19)10-14(15)18/h8-12H,4-7,19H2,1-3H3,(H,20,21). The average Bonchev–Trinajstić information content (AvgIpc) is 2.41. The fourth-order valence-corrected chi connectivity index (χ4v) is 3.09. The van der Waals surface area contributed by atoms with Crippen LogP contribution < -0.4 is 11.1 Å². The summed E-state index contributed by atoms with van der Waals surface area (Å²) in [4.78, 5) is 12.3. The molecule has 0 spiro atoms. The number of anilines is 2. The molecule has 1 saturated carbocycles. The Labute approximate surface area is 126 Å². The minimum atomic E-state index is -0.480. The normalized spacial score (nSPS) is 22.9. The molecule has 1 aromatic rings. The van der Waals surface area contributed by atoms with E-state index < -0.39 is 5.82 Å². The highest BCUT2D eigenvalue weighted by Crippen LogP contribution is 2.40. The largest absolute Gasteiger partial charge is 0.399 e. The molecule has 21 heavy (non-hydrogen) atoms. The van der Waals surface area contributed by atoms with Gasteiger partial charge < -0.3 is 11.1 Å². The molecule has 0 unspecified atom stereocenters. The van der Waals surface area contributed by atoms with Crippen LogP contribution in [0.15, 0.2) is 18.2 Å². The Morgan fingerprint density at radius 2 is 1.86 bits per heavy atom. The van der Waals surface area contributed by atoms with Gasteiger partial charge in [-0.15, -0.1) is 0 Å². The lowest BCUT2D eigenvalue weighted by Gasteiger charge is -2.36. The van der Waals surface area contributed by atoms with E-state index in [1.165, 1.54) is 12.1 Å². The predicted octanol–water partition coefficient (Wildman–Crippen LogP) is 4.20. The lowest BCUT2D eigenvalue weighted by molar-refractivity contribution is -0.121. The van der Waals surface area contributed by atoms with Crippen molar-refractivity contribution >= 4 is 17.3 Å². The number of hydrogen-bond acceptors (Lipinski definition) is 2. The fraction of sp³-hybridized carbons (Fsp3) is 0.588. The maximum Gasteiger partial charge on any atom is 0.227 e. The second kappa shape index (κ2) is 6.04. The molecule has 0 aromatic heterocycles. The van der Waals surface area contributed by atoms with Crippen LogP contribution in [0.4, 0.5) is 15.8 Å². The van der Waals surface area contributed by atoms with Crippen molar-refractivity contribution in [3.05, 3.63) is 24.0 Å². The summed E-state index contributed by atoms with van der Waals surface area (Å²) in [6, 6.07) is 4.34. The lowest BCUT2D eigenvalue weighted by Crippen LogP contribution is -2.31. The Kier molecular flexibility index (Phi) is 4.55. The van der Waals surface area contributed by atoms with Crippen molar-refractivity contribution < 1.29 is 9.18 Å². The van der Waals surface area contributed by atoms with E-state index in [1.807, 2.05) is 0 Å². The first-order valence-corrected chi connectivity index (χ1v) is 7.63. The van der Waals surface area contributed by atoms with E-state index in [0.29, 0.717) is 17.0 Å². The summed E-state index contributed by atoms with van der Waals surface area (Å²) in [6.45, 7) is 6.76. The van der Waals surface area contributed by atoms with Gasteiger partial charge >= 0.3 is 0 Å². The summed E-state index contributed by atoms with van der Waals surface area (Å²) < 4.78 is 13.7. The zero-order chi connectivity index (χ0) is 15.6. The van der Waals surface area contributed by atoms with Crippen molar-refractivity contribution in [2.75, 3.05) is 11.1 Å². The Morgan fingerprint density at radius 1 is 1.24 bits per heavy atom. The van der Waals surface area contributed by atoms with Gasteiger partial charge in [0.2, 0.25) is 5.91 Å². The summed E-state index contributed by atoms with van der Waals surface area (Å²) >= 11 is 0. The molecule has 1 aromatic carbocycles. The van der Waals surface area contributed by atoms with Crippen LogP contribution >= 0.6 is 0 Å². The summed E-state index contributed by atoms with van der Waals surface area (Å²) in [5.41, 5.74) is 6.37. The van der Waals surface area contributed by atoms with E-state index in [2.05, 4.69) is 26.1 Å². The fourth-order valence-electron chi connectivity index (χ4n) is 3.09. The molecule has 1 aliphatic carbocycles. The van der Waals surface area contributed by atoms with Crippen LogP contribution in [0.1, 0.15) is 46.5 Å². The lowest BCUT2D eigenvalue weighted by atomic mass is 9.69. The van der Waals surface area contributed by atoms with E-state index >= 15 is 0 Å². The monoisotopic (exact) mass is 292 g/mol. The van der Waals surface area contributed by atoms with Crippen molar-refractivity contribution in [2.24, 2.45) is 17.3 Å². The second-order valence-electron chi connectivity index (χ2n) is 7.14. The molecule has 0 aliphatic heterocycles. The smallest absolute Gasteiger partial charge is 0.227 e. The van der Waals surface area contributed by atoms with Gasteiger partial charge in [-0.05, 0) is 55.2 Å². The molecule has 116 valence electrons. The number of benzene rings is 1. The highest BCUT2D eigenvalue weighted by atomic mass is 19.1. The van der Waals surface area contributed by atoms with Crippen molar-refractivity contribution in [3.8, 4) is 0 Å². The number of rotatable bonds is 2. The molecule has 0 atom stereocenters. The van der Waals surface area contributed by atoms with Gasteiger partial charge in [-0.1, -0.05) is 20.8 Å². The van der Waals surface area contributed by atoms with Crippen molar-refractivity contribution in [2.45, 2.75) is 46.5 Å². The van der Waals surface area contributed by atoms with Gasteiger partial charge in [-0.3, -0.25) is 4.79 Å². The Bertz CT molecular complexity index is 514. The van der Waals surface area contributed by atoms with Gasteiger partial charge in [0, 0.05) is 11.6 Å². The Hall–Kier alpha value is -1.58. The van der Waals surface area contributed by atoms with E-state index in [-0.39, 0.29) is 17.5 Å². The SMILES string of the molecule is CC(C)(C)C1CCC(C(=O)Nc2ccc(N)cc2F)CC1. The molecule has 3 nitrogen and oxygen atoms in total. The van der Waals surface area contributed by atoms with Gasteiger partial charge in [0.1, 0.15) is 5.82 Å². The number of amides is 1. The topological polar surface area (TPSA) is 55.1 Å². The third-order valence-corrected chi connectivity index (χ3v) is 4.57. The van der Waals surface area contributed by atoms with Crippen molar-refractivity contribution in [1.82, 2.24) is 0 Å². The van der Waals surface area contributed by atoms with Crippen LogP contribution in [0.2, 0.25) is 0 Å². The van der Waals surface area contributed by atoms with Crippen LogP contribution in [-0.2, 0) is 4.79 Å². The molecule has 3 N–H and O–H groups in total. The van der Waals surface area contributed by atoms with Gasteiger partial charge in [0.05, 0.1) is 5.69 Å². The van der Waals surface area contributed by atoms with E-state index in [4.69, 9.17) is 5.73 Å². The van der Waals surface area contributed by atoms with Crippen LogP contribution in [0.5, 0.6) is 0 Å². The van der Waals surface area contributed by atoms with Gasteiger partial charge in [0.15, 0.2) is 0 Å². The Balaban J connectivity index is 1.93. The molecule has 1 amide bonds. The number of carbonyl (C=O) groups excluding carboxylic acids is 1. The molecule has 0 bridgehead atoms. The molecule has 0 heterocycles. The average molecular weight is 292 g/mol. The third kappa shape index (κ3) is 3.96. The minimum Gasteiger partial charge on any atom is -0.399 e. The molecule has 2 rings (SSSR count). The highest BCUT2D eigenvalue weighted by molar-refractivity contribution is 5.92. The number of carbonyl (C=O) groups is 1. The van der Waals surface area contributed by atoms with E-state index in [9.17, 15) is 9.18 Å². The third-order valence-electron chi connectivity index (χ3n) is 4.57. The zero-order valence-corrected chi connectivity index (χ0v) is 13.1. The summed E-state index contributed by atoms with van der Waals surface area (Å²) in [5.74, 6) is 0.0909. The number of nitrogens with one attached hydrogen (secondary N) is 1. The van der Waals surface area contributed by atoms with Gasteiger partial charge in [-0.2, -0.15) is 0 Å². The summed E-state index contributed by atoms with van der Waals surface area (Å²) in [6.07, 6.45) is 3.88. The van der Waals surface area contributed by atoms with Crippen molar-refractivity contribution in [3.63, 3.8) is 0 Å². The molecule has 4 heteroatoms. The van der Waals surface area contributed by atoms with E-state index in [1.54, 1.807) is 6.07 Å². The molecule has 0 saturated heterocycles. The molecule has 1 aliphatic rings. The maximum atomic E-state index is 13.7. The molecule has 1 fully saturated rings. The highest BCUT2D eigenvalue weighted by Gasteiger charge is 2.32. The Morgan fingerprint density at radius 3 is 2.38 bits per heavy atom. The van der Waals surface area contributed by atoms with Crippen LogP contribution in [0.25, 0.3) is 0 Å². The number of hydrogen-bond donors (Lipinski definition) is 2. The first kappa shape index (κ1) is 15.8. The second-order valence-corrected chi connectivity index (χ2v) is 7.14. The molecular formula is C17H25FN2O. The van der Waals surface area contributed by atoms with Gasteiger partial charge in [0.25, 0.3) is 0 Å². The predicted molar refractivity (Wildman–Crippen MR) is 84.3 cm³/mol. The van der Waals surface area contributed by atoms with Crippen LogP contribution in [0, 0.1) is 23.1 Å². The molecular weight excluding hydrogens is 267 g/mol. The zero-order valence-electron chi connectivity index (χ0n) is 13.1. The van der Waals surface area contributed by atoms with Crippen LogP contribution in [-0.4, -0.2) is 5.91 Å². The number of halogens is 1. The molecule has 0 radical (unpaired) electrons. The maximum absolute atomic E-state index is 13.7. The first-order chi connectivity index (χ1) is 9.77. The van der Waals surface area contributed by atoms with Crippen LogP contribution in [0.3, 0.4) is 0 Å². The number of nitrogen functional groups attached to an aromatic ring is 1. The quantitative estimate of drug-likeness (QED) is 0.803. The van der Waals surface area contributed by atoms with Gasteiger partial charge in [-0.25, -0.2) is 4.39 Å². The first-order valence-electron chi connectivity index (χ1n) is 7.63. The van der Waals surface area contributed by atoms with E-state index in [0.717, 1.165) is 25.7 Å².